The van der Waals surface area contributed by atoms with Crippen LogP contribution in [0.15, 0.2) is 24.3 Å². The van der Waals surface area contributed by atoms with E-state index in [1.165, 1.54) is 19.3 Å². The van der Waals surface area contributed by atoms with Gasteiger partial charge in [0, 0.05) is 0 Å². The van der Waals surface area contributed by atoms with Crippen LogP contribution in [0.2, 0.25) is 10.0 Å². The van der Waals surface area contributed by atoms with Crippen LogP contribution in [0.4, 0.5) is 0 Å². The highest BCUT2D eigenvalue weighted by Gasteiger charge is 2.33. The van der Waals surface area contributed by atoms with Crippen LogP contribution in [0.25, 0.3) is 6.08 Å². The van der Waals surface area contributed by atoms with Crippen LogP contribution in [0.5, 0.6) is 0 Å². The van der Waals surface area contributed by atoms with E-state index < -0.39 is 5.54 Å². The van der Waals surface area contributed by atoms with E-state index in [9.17, 15) is 4.79 Å². The minimum absolute atomic E-state index is 0. The van der Waals surface area contributed by atoms with E-state index in [0.29, 0.717) is 10.0 Å². The first-order chi connectivity index (χ1) is 9.91. The molecule has 2 rings (SSSR count). The number of nitrogens with zero attached hydrogens (tertiary/aromatic N) is 1. The van der Waals surface area contributed by atoms with Crippen LogP contribution in [-0.4, -0.2) is 29.3 Å². The van der Waals surface area contributed by atoms with Gasteiger partial charge in [-0.2, -0.15) is 0 Å². The topological polar surface area (TPSA) is 20.3 Å². The van der Waals surface area contributed by atoms with E-state index in [2.05, 4.69) is 4.90 Å². The fraction of sp³-hybridized carbons (Fsp3) is 0.471. The van der Waals surface area contributed by atoms with Gasteiger partial charge in [-0.25, -0.2) is 0 Å². The van der Waals surface area contributed by atoms with E-state index >= 15 is 0 Å². The molecule has 22 heavy (non-hydrogen) atoms. The lowest BCUT2D eigenvalue weighted by Crippen LogP contribution is -2.51. The highest BCUT2D eigenvalue weighted by molar-refractivity contribution is 6.42. The fourth-order valence-electron chi connectivity index (χ4n) is 2.60. The maximum absolute atomic E-state index is 12.5. The summed E-state index contributed by atoms with van der Waals surface area (Å²) in [5, 5.41) is 1.02. The molecule has 1 heterocycles. The Kier molecular flexibility index (Phi) is 7.40. The number of benzene rings is 1. The molecule has 1 aromatic rings. The molecule has 1 saturated heterocycles. The van der Waals surface area contributed by atoms with Gasteiger partial charge in [-0.1, -0.05) is 41.8 Å². The van der Waals surface area contributed by atoms with E-state index in [0.717, 1.165) is 18.7 Å². The third kappa shape index (κ3) is 4.73. The number of hydrogen-bond donors (Lipinski definition) is 0. The summed E-state index contributed by atoms with van der Waals surface area (Å²) in [6, 6.07) is 5.36. The first kappa shape index (κ1) is 19.5. The Hall–Kier alpha value is -0.540. The Labute approximate surface area is 148 Å². The molecule has 0 aliphatic carbocycles. The number of likely N-dealkylation sites (tertiary alicyclic amines) is 1. The maximum atomic E-state index is 12.5. The van der Waals surface area contributed by atoms with Gasteiger partial charge in [0.1, 0.15) is 0 Å². The predicted octanol–water partition coefficient (Wildman–Crippen LogP) is 5.26. The Balaban J connectivity index is 0.00000242. The van der Waals surface area contributed by atoms with Gasteiger partial charge in [-0.15, -0.1) is 12.4 Å². The summed E-state index contributed by atoms with van der Waals surface area (Å²) in [5.74, 6) is 0.121. The molecule has 0 N–H and O–H groups in total. The molecule has 0 aromatic heterocycles. The average molecular weight is 363 g/mol. The lowest BCUT2D eigenvalue weighted by molar-refractivity contribution is -0.125. The molecule has 0 unspecified atom stereocenters. The molecule has 0 amide bonds. The van der Waals surface area contributed by atoms with Crippen molar-refractivity contribution in [2.24, 2.45) is 0 Å². The van der Waals surface area contributed by atoms with Crippen molar-refractivity contribution < 1.29 is 4.79 Å². The molecule has 2 nitrogen and oxygen atoms in total. The first-order valence-corrected chi connectivity index (χ1v) is 8.09. The second-order valence-corrected chi connectivity index (χ2v) is 6.79. The van der Waals surface area contributed by atoms with E-state index in [1.54, 1.807) is 24.3 Å². The molecule has 0 bridgehead atoms. The summed E-state index contributed by atoms with van der Waals surface area (Å²) in [4.78, 5) is 14.8. The maximum Gasteiger partial charge on any atom is 0.175 e. The molecular formula is C17H22Cl3NO. The zero-order valence-electron chi connectivity index (χ0n) is 12.9. The number of piperidine rings is 1. The number of rotatable bonds is 4. The zero-order valence-corrected chi connectivity index (χ0v) is 15.3. The van der Waals surface area contributed by atoms with Crippen molar-refractivity contribution in [1.29, 1.82) is 0 Å². The SMILES string of the molecule is CC(C)(C(=O)/C=C/c1ccc(Cl)c(Cl)c1)N1CCCCC1.Cl. The Bertz CT molecular complexity index is 549. The van der Waals surface area contributed by atoms with Gasteiger partial charge in [0.15, 0.2) is 5.78 Å². The number of carbonyl (C=O) groups is 1. The van der Waals surface area contributed by atoms with Crippen molar-refractivity contribution in [2.75, 3.05) is 13.1 Å². The van der Waals surface area contributed by atoms with Crippen molar-refractivity contribution in [1.82, 2.24) is 4.90 Å². The van der Waals surface area contributed by atoms with E-state index in [4.69, 9.17) is 23.2 Å². The molecule has 0 saturated carbocycles. The average Bonchev–Trinajstić information content (AvgIpc) is 2.49. The number of ketones is 1. The number of hydrogen-bond acceptors (Lipinski definition) is 2. The highest BCUT2D eigenvalue weighted by Crippen LogP contribution is 2.24. The van der Waals surface area contributed by atoms with E-state index in [1.807, 2.05) is 19.9 Å². The fourth-order valence-corrected chi connectivity index (χ4v) is 2.91. The molecule has 1 aromatic carbocycles. The van der Waals surface area contributed by atoms with Crippen molar-refractivity contribution in [3.05, 3.63) is 39.9 Å². The molecule has 1 fully saturated rings. The zero-order chi connectivity index (χ0) is 15.5. The van der Waals surface area contributed by atoms with Crippen molar-refractivity contribution >= 4 is 47.5 Å². The van der Waals surface area contributed by atoms with Gasteiger partial charge in [-0.05, 0) is 63.6 Å². The summed E-state index contributed by atoms with van der Waals surface area (Å²) in [5.41, 5.74) is 0.430. The molecule has 0 atom stereocenters. The van der Waals surface area contributed by atoms with Crippen LogP contribution < -0.4 is 0 Å². The standard InChI is InChI=1S/C17H21Cl2NO.ClH/c1-17(2,20-10-4-3-5-11-20)16(21)9-7-13-6-8-14(18)15(19)12-13;/h6-9,12H,3-5,10-11H2,1-2H3;1H/b9-7+;. The van der Waals surface area contributed by atoms with Gasteiger partial charge in [-0.3, -0.25) is 9.69 Å². The molecule has 1 aliphatic rings. The molecular weight excluding hydrogens is 341 g/mol. The van der Waals surface area contributed by atoms with Gasteiger partial charge in [0.25, 0.3) is 0 Å². The summed E-state index contributed by atoms with van der Waals surface area (Å²) in [6.07, 6.45) is 7.06. The van der Waals surface area contributed by atoms with Gasteiger partial charge in [0.05, 0.1) is 15.6 Å². The lowest BCUT2D eigenvalue weighted by Gasteiger charge is -2.39. The Morgan fingerprint density at radius 2 is 1.77 bits per heavy atom. The van der Waals surface area contributed by atoms with Gasteiger partial charge in [0.2, 0.25) is 0 Å². The second kappa shape index (κ2) is 8.35. The Morgan fingerprint density at radius 1 is 1.14 bits per heavy atom. The van der Waals surface area contributed by atoms with Crippen LogP contribution in [0, 0.1) is 0 Å². The Morgan fingerprint density at radius 3 is 2.36 bits per heavy atom. The summed E-state index contributed by atoms with van der Waals surface area (Å²) < 4.78 is 0. The number of halogens is 3. The quantitative estimate of drug-likeness (QED) is 0.681. The first-order valence-electron chi connectivity index (χ1n) is 7.34. The molecule has 1 aliphatic heterocycles. The molecule has 5 heteroatoms. The minimum atomic E-state index is -0.451. The van der Waals surface area contributed by atoms with Crippen LogP contribution in [0.1, 0.15) is 38.7 Å². The predicted molar refractivity (Wildman–Crippen MR) is 97.3 cm³/mol. The molecule has 0 spiro atoms. The van der Waals surface area contributed by atoms with Gasteiger partial charge >= 0.3 is 0 Å². The highest BCUT2D eigenvalue weighted by atomic mass is 35.5. The van der Waals surface area contributed by atoms with Crippen molar-refractivity contribution in [2.45, 2.75) is 38.6 Å². The second-order valence-electron chi connectivity index (χ2n) is 5.98. The van der Waals surface area contributed by atoms with Crippen LogP contribution in [-0.2, 0) is 4.79 Å². The van der Waals surface area contributed by atoms with Gasteiger partial charge < -0.3 is 0 Å². The molecule has 122 valence electrons. The third-order valence-corrected chi connectivity index (χ3v) is 4.86. The molecule has 0 radical (unpaired) electrons. The largest absolute Gasteiger partial charge is 0.293 e. The normalized spacial score (nSPS) is 16.5. The van der Waals surface area contributed by atoms with Crippen LogP contribution >= 0.6 is 35.6 Å². The smallest absolute Gasteiger partial charge is 0.175 e. The summed E-state index contributed by atoms with van der Waals surface area (Å²) in [6.45, 7) is 6.00. The van der Waals surface area contributed by atoms with Crippen LogP contribution in [0.3, 0.4) is 0 Å². The third-order valence-electron chi connectivity index (χ3n) is 4.12. The monoisotopic (exact) mass is 361 g/mol. The minimum Gasteiger partial charge on any atom is -0.293 e. The lowest BCUT2D eigenvalue weighted by atomic mass is 9.93. The van der Waals surface area contributed by atoms with Crippen molar-refractivity contribution in [3.63, 3.8) is 0 Å². The van der Waals surface area contributed by atoms with Crippen molar-refractivity contribution in [3.8, 4) is 0 Å². The van der Waals surface area contributed by atoms with E-state index in [-0.39, 0.29) is 18.2 Å². The summed E-state index contributed by atoms with van der Waals surface area (Å²) >= 11 is 11.9. The summed E-state index contributed by atoms with van der Waals surface area (Å²) in [7, 11) is 0. The number of carbonyl (C=O) groups excluding carboxylic acids is 1.